The summed E-state index contributed by atoms with van der Waals surface area (Å²) >= 11 is 0. The summed E-state index contributed by atoms with van der Waals surface area (Å²) < 4.78 is 1.14. The molecule has 0 fully saturated rings. The highest BCUT2D eigenvalue weighted by atomic mass is 16.4. The largest absolute Gasteiger partial charge is 0.481 e. The molecule has 15 heavy (non-hydrogen) atoms. The molecule has 1 heterocycles. The van der Waals surface area contributed by atoms with Gasteiger partial charge in [0.05, 0.1) is 18.3 Å². The van der Waals surface area contributed by atoms with E-state index in [9.17, 15) is 9.59 Å². The van der Waals surface area contributed by atoms with Gasteiger partial charge in [-0.3, -0.25) is 4.79 Å². The fourth-order valence-corrected chi connectivity index (χ4v) is 1.26. The summed E-state index contributed by atoms with van der Waals surface area (Å²) in [6.07, 6.45) is 1.31. The molecule has 0 saturated carbocycles. The number of hydrogen-bond acceptors (Lipinski definition) is 4. The van der Waals surface area contributed by atoms with Crippen molar-refractivity contribution in [2.75, 3.05) is 0 Å². The minimum atomic E-state index is -1.05. The van der Waals surface area contributed by atoms with Crippen molar-refractivity contribution < 1.29 is 19.8 Å². The van der Waals surface area contributed by atoms with Crippen molar-refractivity contribution >= 4 is 11.9 Å². The average molecular weight is 213 g/mol. The number of carboxylic acids is 2. The molecule has 2 N–H and O–H groups in total. The first kappa shape index (κ1) is 11.2. The Hall–Kier alpha value is -1.92. The van der Waals surface area contributed by atoms with Crippen molar-refractivity contribution in [3.8, 4) is 0 Å². The standard InChI is InChI=1S/C8H11N3O4/c1-2-6(8(14)15)11-5(3-7(12)13)4-9-10-11/h4,6H,2-3H2,1H3,(H,12,13)(H,14,15). The van der Waals surface area contributed by atoms with Crippen LogP contribution in [-0.4, -0.2) is 37.1 Å². The van der Waals surface area contributed by atoms with E-state index >= 15 is 0 Å². The Bertz CT molecular complexity index is 374. The second-order valence-corrected chi connectivity index (χ2v) is 3.00. The molecule has 0 radical (unpaired) electrons. The van der Waals surface area contributed by atoms with Crippen LogP contribution in [0.15, 0.2) is 6.20 Å². The van der Waals surface area contributed by atoms with E-state index in [-0.39, 0.29) is 12.1 Å². The highest BCUT2D eigenvalue weighted by molar-refractivity contribution is 5.72. The van der Waals surface area contributed by atoms with Crippen LogP contribution in [0.3, 0.4) is 0 Å². The lowest BCUT2D eigenvalue weighted by molar-refractivity contribution is -0.142. The van der Waals surface area contributed by atoms with E-state index in [2.05, 4.69) is 10.3 Å². The Morgan fingerprint density at radius 3 is 2.67 bits per heavy atom. The molecule has 0 saturated heterocycles. The molecule has 0 amide bonds. The third-order valence-corrected chi connectivity index (χ3v) is 1.95. The second kappa shape index (κ2) is 4.54. The third kappa shape index (κ3) is 2.52. The van der Waals surface area contributed by atoms with E-state index in [1.807, 2.05) is 0 Å². The number of hydrogen-bond donors (Lipinski definition) is 2. The quantitative estimate of drug-likeness (QED) is 0.709. The molecule has 7 nitrogen and oxygen atoms in total. The van der Waals surface area contributed by atoms with E-state index in [0.29, 0.717) is 6.42 Å². The van der Waals surface area contributed by atoms with Crippen LogP contribution >= 0.6 is 0 Å². The lowest BCUT2D eigenvalue weighted by Crippen LogP contribution is -2.22. The van der Waals surface area contributed by atoms with Gasteiger partial charge in [-0.05, 0) is 6.42 Å². The van der Waals surface area contributed by atoms with Crippen molar-refractivity contribution in [2.24, 2.45) is 0 Å². The molecule has 1 aromatic heterocycles. The van der Waals surface area contributed by atoms with Crippen molar-refractivity contribution in [1.82, 2.24) is 15.0 Å². The summed E-state index contributed by atoms with van der Waals surface area (Å²) in [6, 6.07) is -0.859. The molecular weight excluding hydrogens is 202 g/mol. The van der Waals surface area contributed by atoms with Crippen LogP contribution in [0, 0.1) is 0 Å². The maximum atomic E-state index is 10.8. The van der Waals surface area contributed by atoms with Crippen LogP contribution in [-0.2, 0) is 16.0 Å². The fraction of sp³-hybridized carbons (Fsp3) is 0.500. The molecule has 1 atom stereocenters. The van der Waals surface area contributed by atoms with Crippen molar-refractivity contribution in [1.29, 1.82) is 0 Å². The Morgan fingerprint density at radius 1 is 1.53 bits per heavy atom. The predicted molar refractivity (Wildman–Crippen MR) is 48.3 cm³/mol. The minimum absolute atomic E-state index is 0.281. The van der Waals surface area contributed by atoms with Gasteiger partial charge in [0.15, 0.2) is 6.04 Å². The summed E-state index contributed by atoms with van der Waals surface area (Å²) in [5.41, 5.74) is 0.289. The van der Waals surface area contributed by atoms with Gasteiger partial charge in [0.2, 0.25) is 0 Å². The second-order valence-electron chi connectivity index (χ2n) is 3.00. The van der Waals surface area contributed by atoms with Gasteiger partial charge in [-0.25, -0.2) is 9.48 Å². The van der Waals surface area contributed by atoms with Crippen LogP contribution in [0.5, 0.6) is 0 Å². The molecule has 0 aliphatic rings. The highest BCUT2D eigenvalue weighted by Crippen LogP contribution is 2.12. The Kier molecular flexibility index (Phi) is 3.37. The Labute approximate surface area is 85.3 Å². The van der Waals surface area contributed by atoms with Gasteiger partial charge < -0.3 is 10.2 Å². The lowest BCUT2D eigenvalue weighted by Gasteiger charge is -2.11. The van der Waals surface area contributed by atoms with Gasteiger partial charge in [0.25, 0.3) is 0 Å². The zero-order valence-electron chi connectivity index (χ0n) is 8.12. The van der Waals surface area contributed by atoms with Gasteiger partial charge in [0.1, 0.15) is 0 Å². The topological polar surface area (TPSA) is 105 Å². The third-order valence-electron chi connectivity index (χ3n) is 1.95. The molecule has 0 aliphatic heterocycles. The lowest BCUT2D eigenvalue weighted by atomic mass is 10.2. The van der Waals surface area contributed by atoms with E-state index in [1.54, 1.807) is 6.92 Å². The average Bonchev–Trinajstić information content (AvgIpc) is 2.53. The molecule has 0 aromatic carbocycles. The van der Waals surface area contributed by atoms with E-state index in [1.165, 1.54) is 6.20 Å². The van der Waals surface area contributed by atoms with Crippen LogP contribution in [0.1, 0.15) is 25.1 Å². The van der Waals surface area contributed by atoms with E-state index < -0.39 is 18.0 Å². The Morgan fingerprint density at radius 2 is 2.20 bits per heavy atom. The molecule has 0 spiro atoms. The van der Waals surface area contributed by atoms with Gasteiger partial charge in [-0.2, -0.15) is 0 Å². The summed E-state index contributed by atoms with van der Waals surface area (Å²) in [7, 11) is 0. The van der Waals surface area contributed by atoms with Crippen LogP contribution in [0.25, 0.3) is 0 Å². The summed E-state index contributed by atoms with van der Waals surface area (Å²) in [5.74, 6) is -2.09. The zero-order valence-corrected chi connectivity index (χ0v) is 8.12. The molecule has 82 valence electrons. The minimum Gasteiger partial charge on any atom is -0.481 e. The number of carboxylic acid groups (broad SMARTS) is 2. The molecule has 1 aromatic rings. The molecule has 7 heteroatoms. The van der Waals surface area contributed by atoms with Crippen molar-refractivity contribution in [3.63, 3.8) is 0 Å². The van der Waals surface area contributed by atoms with E-state index in [4.69, 9.17) is 10.2 Å². The smallest absolute Gasteiger partial charge is 0.328 e. The summed E-state index contributed by atoms with van der Waals surface area (Å²) in [5, 5.41) is 24.6. The maximum Gasteiger partial charge on any atom is 0.328 e. The van der Waals surface area contributed by atoms with Gasteiger partial charge in [-0.15, -0.1) is 5.10 Å². The predicted octanol–water partition coefficient (Wildman–Crippen LogP) is -0.0591. The van der Waals surface area contributed by atoms with Gasteiger partial charge >= 0.3 is 11.9 Å². The molecule has 0 bridgehead atoms. The van der Waals surface area contributed by atoms with Crippen LogP contribution in [0.2, 0.25) is 0 Å². The number of nitrogens with zero attached hydrogens (tertiary/aromatic N) is 3. The SMILES string of the molecule is CCC(C(=O)O)n1nncc1CC(=O)O. The van der Waals surface area contributed by atoms with Crippen LogP contribution < -0.4 is 0 Å². The first-order valence-corrected chi connectivity index (χ1v) is 4.40. The van der Waals surface area contributed by atoms with Crippen LogP contribution in [0.4, 0.5) is 0 Å². The number of aromatic nitrogens is 3. The van der Waals surface area contributed by atoms with Gasteiger partial charge in [0, 0.05) is 0 Å². The number of rotatable bonds is 5. The molecule has 0 aliphatic carbocycles. The van der Waals surface area contributed by atoms with Crippen molar-refractivity contribution in [2.45, 2.75) is 25.8 Å². The molecule has 1 unspecified atom stereocenters. The highest BCUT2D eigenvalue weighted by Gasteiger charge is 2.22. The molecular formula is C8H11N3O4. The normalized spacial score (nSPS) is 12.3. The van der Waals surface area contributed by atoms with Crippen molar-refractivity contribution in [3.05, 3.63) is 11.9 Å². The fourth-order valence-electron chi connectivity index (χ4n) is 1.26. The number of aliphatic carboxylic acids is 2. The maximum absolute atomic E-state index is 10.8. The first-order chi connectivity index (χ1) is 7.06. The zero-order chi connectivity index (χ0) is 11.4. The summed E-state index contributed by atoms with van der Waals surface area (Å²) in [6.45, 7) is 1.69. The summed E-state index contributed by atoms with van der Waals surface area (Å²) in [4.78, 5) is 21.3. The first-order valence-electron chi connectivity index (χ1n) is 4.40. The number of carbonyl (C=O) groups is 2. The molecule has 1 rings (SSSR count). The Balaban J connectivity index is 2.97. The van der Waals surface area contributed by atoms with Gasteiger partial charge in [-0.1, -0.05) is 12.1 Å². The van der Waals surface area contributed by atoms with E-state index in [0.717, 1.165) is 4.68 Å². The monoisotopic (exact) mass is 213 g/mol.